The van der Waals surface area contributed by atoms with E-state index in [4.69, 9.17) is 9.47 Å². The van der Waals surface area contributed by atoms with Gasteiger partial charge in [-0.1, -0.05) is 43.0 Å². The molecule has 0 aliphatic carbocycles. The minimum absolute atomic E-state index is 0.0383. The molecule has 0 aliphatic heterocycles. The average Bonchev–Trinajstić information content (AvgIpc) is 2.77. The number of para-hydroxylation sites is 1. The minimum Gasteiger partial charge on any atom is -0.497 e. The van der Waals surface area contributed by atoms with Crippen LogP contribution in [0.5, 0.6) is 11.5 Å². The number of carbonyl (C=O) groups is 1. The third-order valence-electron chi connectivity index (χ3n) is 4.26. The lowest BCUT2D eigenvalue weighted by Crippen LogP contribution is -2.42. The first-order valence-electron chi connectivity index (χ1n) is 9.70. The molecule has 30 heavy (non-hydrogen) atoms. The third-order valence-corrected chi connectivity index (χ3v) is 4.26. The Labute approximate surface area is 178 Å². The largest absolute Gasteiger partial charge is 0.497 e. The van der Waals surface area contributed by atoms with Crippen molar-refractivity contribution in [1.29, 1.82) is 0 Å². The number of hydrogen-bond donors (Lipinski definition) is 2. The zero-order valence-corrected chi connectivity index (χ0v) is 17.9. The molecule has 0 aliphatic rings. The molecule has 0 radical (unpaired) electrons. The van der Waals surface area contributed by atoms with Crippen molar-refractivity contribution in [2.75, 3.05) is 34.4 Å². The molecule has 0 spiro atoms. The number of carbonyl (C=O) groups excluding carboxylic acids is 1. The first-order chi connectivity index (χ1) is 14.5. The van der Waals surface area contributed by atoms with Gasteiger partial charge >= 0.3 is 0 Å². The average molecular weight is 411 g/mol. The fourth-order valence-electron chi connectivity index (χ4n) is 2.51. The Morgan fingerprint density at radius 3 is 2.53 bits per heavy atom. The number of amides is 1. The Morgan fingerprint density at radius 1 is 1.13 bits per heavy atom. The van der Waals surface area contributed by atoms with Crippen LogP contribution in [-0.4, -0.2) is 51.1 Å². The number of aliphatic imine (C=N–C) groups is 1. The Balaban J connectivity index is 2.08. The molecule has 0 bridgehead atoms. The molecule has 1 amide bonds. The van der Waals surface area contributed by atoms with E-state index in [0.29, 0.717) is 25.7 Å². The normalized spacial score (nSPS) is 10.8. The SMILES string of the molecule is C=CCOc1ccccc1CNC(=NCc1ccc(OC)cc1)NCC(=O)N(C)C. The molecule has 0 fully saturated rings. The van der Waals surface area contributed by atoms with Crippen LogP contribution >= 0.6 is 0 Å². The highest BCUT2D eigenvalue weighted by Gasteiger charge is 2.08. The maximum Gasteiger partial charge on any atom is 0.241 e. The Kier molecular flexibility index (Phi) is 9.24. The predicted octanol–water partition coefficient (Wildman–Crippen LogP) is 2.58. The van der Waals surface area contributed by atoms with Crippen LogP contribution in [0, 0.1) is 0 Å². The van der Waals surface area contributed by atoms with Crippen molar-refractivity contribution in [1.82, 2.24) is 15.5 Å². The van der Waals surface area contributed by atoms with E-state index >= 15 is 0 Å². The van der Waals surface area contributed by atoms with E-state index in [1.54, 1.807) is 27.3 Å². The molecule has 2 rings (SSSR count). The molecule has 2 aromatic rings. The molecule has 0 saturated heterocycles. The van der Waals surface area contributed by atoms with Crippen LogP contribution in [0.2, 0.25) is 0 Å². The van der Waals surface area contributed by atoms with E-state index < -0.39 is 0 Å². The van der Waals surface area contributed by atoms with Crippen LogP contribution in [0.4, 0.5) is 0 Å². The summed E-state index contributed by atoms with van der Waals surface area (Å²) in [7, 11) is 5.08. The molecule has 2 N–H and O–H groups in total. The van der Waals surface area contributed by atoms with Crippen LogP contribution in [0.1, 0.15) is 11.1 Å². The van der Waals surface area contributed by atoms with Crippen LogP contribution in [0.25, 0.3) is 0 Å². The lowest BCUT2D eigenvalue weighted by atomic mass is 10.2. The summed E-state index contributed by atoms with van der Waals surface area (Å²) in [5, 5.41) is 6.37. The van der Waals surface area contributed by atoms with E-state index in [1.807, 2.05) is 48.5 Å². The van der Waals surface area contributed by atoms with Crippen LogP contribution < -0.4 is 20.1 Å². The van der Waals surface area contributed by atoms with Crippen molar-refractivity contribution >= 4 is 11.9 Å². The van der Waals surface area contributed by atoms with Gasteiger partial charge in [0, 0.05) is 26.2 Å². The fourth-order valence-corrected chi connectivity index (χ4v) is 2.51. The van der Waals surface area contributed by atoms with Gasteiger partial charge in [-0.25, -0.2) is 4.99 Å². The van der Waals surface area contributed by atoms with Gasteiger partial charge in [0.2, 0.25) is 5.91 Å². The zero-order valence-electron chi connectivity index (χ0n) is 17.9. The summed E-state index contributed by atoms with van der Waals surface area (Å²) in [5.41, 5.74) is 2.02. The van der Waals surface area contributed by atoms with Gasteiger partial charge < -0.3 is 25.0 Å². The maximum atomic E-state index is 12.0. The molecular weight excluding hydrogens is 380 g/mol. The van der Waals surface area contributed by atoms with E-state index in [2.05, 4.69) is 22.2 Å². The summed E-state index contributed by atoms with van der Waals surface area (Å²) in [6, 6.07) is 15.5. The minimum atomic E-state index is -0.0383. The van der Waals surface area contributed by atoms with E-state index in [9.17, 15) is 4.79 Å². The number of nitrogens with zero attached hydrogens (tertiary/aromatic N) is 2. The van der Waals surface area contributed by atoms with Crippen molar-refractivity contribution in [3.63, 3.8) is 0 Å². The Hall–Kier alpha value is -3.48. The molecule has 0 saturated carbocycles. The van der Waals surface area contributed by atoms with Gasteiger partial charge in [0.05, 0.1) is 20.2 Å². The van der Waals surface area contributed by atoms with E-state index in [1.165, 1.54) is 4.90 Å². The topological polar surface area (TPSA) is 75.2 Å². The second kappa shape index (κ2) is 12.2. The zero-order chi connectivity index (χ0) is 21.8. The molecular formula is C23H30N4O3. The fraction of sp³-hybridized carbons (Fsp3) is 0.304. The molecule has 0 aromatic heterocycles. The molecule has 0 heterocycles. The quantitative estimate of drug-likeness (QED) is 0.358. The molecule has 0 atom stereocenters. The van der Waals surface area contributed by atoms with Crippen molar-refractivity contribution in [2.24, 2.45) is 4.99 Å². The van der Waals surface area contributed by atoms with Gasteiger partial charge in [-0.2, -0.15) is 0 Å². The van der Waals surface area contributed by atoms with Gasteiger partial charge in [0.15, 0.2) is 5.96 Å². The second-order valence-electron chi connectivity index (χ2n) is 6.72. The maximum absolute atomic E-state index is 12.0. The standard InChI is InChI=1S/C23H30N4O3/c1-5-14-30-21-9-7-6-8-19(21)16-25-23(26-17-22(28)27(2)3)24-15-18-10-12-20(29-4)13-11-18/h5-13H,1,14-17H2,2-4H3,(H2,24,25,26). The first kappa shape index (κ1) is 22.8. The summed E-state index contributed by atoms with van der Waals surface area (Å²) < 4.78 is 10.9. The number of benzene rings is 2. The number of nitrogens with one attached hydrogen (secondary N) is 2. The lowest BCUT2D eigenvalue weighted by molar-refractivity contribution is -0.127. The van der Waals surface area contributed by atoms with Crippen molar-refractivity contribution in [3.8, 4) is 11.5 Å². The molecule has 160 valence electrons. The van der Waals surface area contributed by atoms with E-state index in [0.717, 1.165) is 22.6 Å². The van der Waals surface area contributed by atoms with Gasteiger partial charge in [-0.15, -0.1) is 0 Å². The number of guanidine groups is 1. The van der Waals surface area contributed by atoms with Crippen LogP contribution in [0.15, 0.2) is 66.2 Å². The number of ether oxygens (including phenoxy) is 2. The summed E-state index contributed by atoms with van der Waals surface area (Å²) in [6.45, 7) is 5.23. The van der Waals surface area contributed by atoms with Gasteiger partial charge in [0.25, 0.3) is 0 Å². The highest BCUT2D eigenvalue weighted by Crippen LogP contribution is 2.17. The molecule has 7 nitrogen and oxygen atoms in total. The Morgan fingerprint density at radius 2 is 1.87 bits per heavy atom. The van der Waals surface area contributed by atoms with Crippen molar-refractivity contribution in [2.45, 2.75) is 13.1 Å². The summed E-state index contributed by atoms with van der Waals surface area (Å²) in [6.07, 6.45) is 1.71. The first-order valence-corrected chi connectivity index (χ1v) is 9.70. The number of methoxy groups -OCH3 is 1. The second-order valence-corrected chi connectivity index (χ2v) is 6.72. The van der Waals surface area contributed by atoms with Crippen molar-refractivity contribution in [3.05, 3.63) is 72.3 Å². The van der Waals surface area contributed by atoms with Gasteiger partial charge in [-0.3, -0.25) is 4.79 Å². The third kappa shape index (κ3) is 7.50. The monoisotopic (exact) mass is 410 g/mol. The van der Waals surface area contributed by atoms with Crippen molar-refractivity contribution < 1.29 is 14.3 Å². The Bertz CT molecular complexity index is 848. The van der Waals surface area contributed by atoms with Gasteiger partial charge in [0.1, 0.15) is 18.1 Å². The van der Waals surface area contributed by atoms with Crippen LogP contribution in [0.3, 0.4) is 0 Å². The number of hydrogen-bond acceptors (Lipinski definition) is 4. The molecule has 0 unspecified atom stereocenters. The smallest absolute Gasteiger partial charge is 0.241 e. The summed E-state index contributed by atoms with van der Waals surface area (Å²) in [5.74, 6) is 2.08. The van der Waals surface area contributed by atoms with Crippen LogP contribution in [-0.2, 0) is 17.9 Å². The molecule has 2 aromatic carbocycles. The van der Waals surface area contributed by atoms with Gasteiger partial charge in [-0.05, 0) is 23.8 Å². The number of rotatable bonds is 10. The highest BCUT2D eigenvalue weighted by atomic mass is 16.5. The highest BCUT2D eigenvalue weighted by molar-refractivity contribution is 5.86. The number of likely N-dealkylation sites (N-methyl/N-ethyl adjacent to an activating group) is 1. The summed E-state index contributed by atoms with van der Waals surface area (Å²) in [4.78, 5) is 18.1. The molecule has 7 heteroatoms. The lowest BCUT2D eigenvalue weighted by Gasteiger charge is -2.16. The predicted molar refractivity (Wildman–Crippen MR) is 120 cm³/mol. The summed E-state index contributed by atoms with van der Waals surface area (Å²) >= 11 is 0. The van der Waals surface area contributed by atoms with E-state index in [-0.39, 0.29) is 12.5 Å².